The van der Waals surface area contributed by atoms with Crippen molar-refractivity contribution < 1.29 is 4.39 Å². The van der Waals surface area contributed by atoms with Crippen LogP contribution in [-0.2, 0) is 6.54 Å². The molecule has 4 nitrogen and oxygen atoms in total. The van der Waals surface area contributed by atoms with Crippen LogP contribution < -0.4 is 11.1 Å². The Kier molecular flexibility index (Phi) is 2.79. The third-order valence-electron chi connectivity index (χ3n) is 2.68. The molecule has 0 aromatic carbocycles. The first-order valence-electron chi connectivity index (χ1n) is 4.95. The minimum Gasteiger partial charge on any atom is -0.326 e. The molecule has 1 aromatic rings. The number of halogens is 1. The average Bonchev–Trinajstić information content (AvgIpc) is 2.61. The zero-order valence-corrected chi connectivity index (χ0v) is 8.04. The van der Waals surface area contributed by atoms with Gasteiger partial charge in [-0.2, -0.15) is 9.49 Å². The van der Waals surface area contributed by atoms with Crippen molar-refractivity contribution >= 4 is 0 Å². The zero-order chi connectivity index (χ0) is 9.97. The summed E-state index contributed by atoms with van der Waals surface area (Å²) in [6, 6.07) is 0.191. The zero-order valence-electron chi connectivity index (χ0n) is 8.04. The van der Waals surface area contributed by atoms with Gasteiger partial charge in [0.2, 0.25) is 5.95 Å². The van der Waals surface area contributed by atoms with Gasteiger partial charge in [0.15, 0.2) is 0 Å². The van der Waals surface area contributed by atoms with Crippen LogP contribution in [0, 0.1) is 5.95 Å². The molecule has 0 atom stereocenters. The van der Waals surface area contributed by atoms with Gasteiger partial charge >= 0.3 is 0 Å². The minimum absolute atomic E-state index is 0.191. The van der Waals surface area contributed by atoms with Crippen molar-refractivity contribution in [2.75, 3.05) is 13.1 Å². The van der Waals surface area contributed by atoms with E-state index in [0.717, 1.165) is 25.9 Å². The molecule has 0 saturated carbocycles. The summed E-state index contributed by atoms with van der Waals surface area (Å²) in [4.78, 5) is 0. The first-order chi connectivity index (χ1) is 6.83. The van der Waals surface area contributed by atoms with E-state index in [2.05, 4.69) is 10.4 Å². The molecular formula is C9H15FN4. The van der Waals surface area contributed by atoms with Crippen molar-refractivity contribution in [3.05, 3.63) is 17.7 Å². The monoisotopic (exact) mass is 198 g/mol. The molecule has 5 heteroatoms. The Balaban J connectivity index is 2.18. The molecule has 3 N–H and O–H groups in total. The molecule has 0 spiro atoms. The average molecular weight is 198 g/mol. The molecule has 0 amide bonds. The molecule has 1 aliphatic rings. The maximum Gasteiger partial charge on any atom is 0.216 e. The van der Waals surface area contributed by atoms with E-state index in [1.54, 1.807) is 0 Å². The van der Waals surface area contributed by atoms with Gasteiger partial charge in [0, 0.05) is 12.1 Å². The molecule has 0 unspecified atom stereocenters. The molecule has 1 aromatic heterocycles. The van der Waals surface area contributed by atoms with Gasteiger partial charge in [0.25, 0.3) is 0 Å². The van der Waals surface area contributed by atoms with E-state index >= 15 is 0 Å². The summed E-state index contributed by atoms with van der Waals surface area (Å²) >= 11 is 0. The Bertz CT molecular complexity index is 304. The fourth-order valence-electron chi connectivity index (χ4n) is 1.83. The lowest BCUT2D eigenvalue weighted by Gasteiger charge is -2.23. The SMILES string of the molecule is NCc1cnn(C2CCNCC2)c1F. The van der Waals surface area contributed by atoms with Gasteiger partial charge in [-0.15, -0.1) is 0 Å². The number of rotatable bonds is 2. The Hall–Kier alpha value is -0.940. The quantitative estimate of drug-likeness (QED) is 0.723. The highest BCUT2D eigenvalue weighted by Gasteiger charge is 2.20. The molecule has 1 fully saturated rings. The van der Waals surface area contributed by atoms with Crippen LogP contribution >= 0.6 is 0 Å². The summed E-state index contributed by atoms with van der Waals surface area (Å²) in [5, 5.41) is 7.28. The molecule has 2 rings (SSSR count). The molecule has 78 valence electrons. The van der Waals surface area contributed by atoms with E-state index < -0.39 is 0 Å². The number of hydrogen-bond acceptors (Lipinski definition) is 3. The van der Waals surface area contributed by atoms with Crippen LogP contribution in [0.1, 0.15) is 24.4 Å². The molecular weight excluding hydrogens is 183 g/mol. The Morgan fingerprint density at radius 2 is 2.29 bits per heavy atom. The Morgan fingerprint density at radius 1 is 1.57 bits per heavy atom. The second-order valence-corrected chi connectivity index (χ2v) is 3.59. The number of nitrogens with one attached hydrogen (secondary N) is 1. The number of piperidine rings is 1. The Labute approximate surface area is 82.3 Å². The summed E-state index contributed by atoms with van der Waals surface area (Å²) in [6.07, 6.45) is 3.39. The first-order valence-corrected chi connectivity index (χ1v) is 4.95. The normalized spacial score (nSPS) is 18.7. The fraction of sp³-hybridized carbons (Fsp3) is 0.667. The van der Waals surface area contributed by atoms with Crippen molar-refractivity contribution in [1.82, 2.24) is 15.1 Å². The number of nitrogens with two attached hydrogens (primary N) is 1. The van der Waals surface area contributed by atoms with E-state index in [9.17, 15) is 4.39 Å². The fourth-order valence-corrected chi connectivity index (χ4v) is 1.83. The van der Waals surface area contributed by atoms with E-state index in [0.29, 0.717) is 5.56 Å². The smallest absolute Gasteiger partial charge is 0.216 e. The van der Waals surface area contributed by atoms with Gasteiger partial charge in [0.1, 0.15) is 0 Å². The summed E-state index contributed by atoms with van der Waals surface area (Å²) < 4.78 is 15.1. The van der Waals surface area contributed by atoms with Gasteiger partial charge in [-0.25, -0.2) is 4.68 Å². The maximum absolute atomic E-state index is 13.6. The molecule has 0 bridgehead atoms. The van der Waals surface area contributed by atoms with Crippen molar-refractivity contribution in [3.63, 3.8) is 0 Å². The highest BCUT2D eigenvalue weighted by Crippen LogP contribution is 2.20. The number of hydrogen-bond donors (Lipinski definition) is 2. The van der Waals surface area contributed by atoms with Gasteiger partial charge in [-0.05, 0) is 25.9 Å². The van der Waals surface area contributed by atoms with Gasteiger partial charge in [0.05, 0.1) is 12.2 Å². The second kappa shape index (κ2) is 4.06. The molecule has 1 aliphatic heterocycles. The van der Waals surface area contributed by atoms with E-state index in [4.69, 9.17) is 5.73 Å². The molecule has 2 heterocycles. The molecule has 14 heavy (non-hydrogen) atoms. The highest BCUT2D eigenvalue weighted by molar-refractivity contribution is 5.06. The standard InChI is InChI=1S/C9H15FN4/c10-9-7(5-11)6-13-14(9)8-1-3-12-4-2-8/h6,8,12H,1-5,11H2. The van der Waals surface area contributed by atoms with Crippen LogP contribution in [0.15, 0.2) is 6.20 Å². The van der Waals surface area contributed by atoms with E-state index in [1.807, 2.05) is 0 Å². The predicted molar refractivity (Wildman–Crippen MR) is 51.2 cm³/mol. The van der Waals surface area contributed by atoms with Crippen LogP contribution in [0.25, 0.3) is 0 Å². The van der Waals surface area contributed by atoms with Crippen LogP contribution in [0.2, 0.25) is 0 Å². The lowest BCUT2D eigenvalue weighted by Crippen LogP contribution is -2.30. The minimum atomic E-state index is -0.264. The van der Waals surface area contributed by atoms with Crippen molar-refractivity contribution in [3.8, 4) is 0 Å². The first kappa shape index (κ1) is 9.61. The molecule has 0 radical (unpaired) electrons. The summed E-state index contributed by atoms with van der Waals surface area (Å²) in [5.74, 6) is -0.264. The predicted octanol–water partition coefficient (Wildman–Crippen LogP) is 0.405. The van der Waals surface area contributed by atoms with E-state index in [-0.39, 0.29) is 18.5 Å². The largest absolute Gasteiger partial charge is 0.326 e. The third-order valence-corrected chi connectivity index (χ3v) is 2.68. The van der Waals surface area contributed by atoms with Crippen LogP contribution in [0.3, 0.4) is 0 Å². The highest BCUT2D eigenvalue weighted by atomic mass is 19.1. The second-order valence-electron chi connectivity index (χ2n) is 3.59. The van der Waals surface area contributed by atoms with Gasteiger partial charge < -0.3 is 11.1 Å². The molecule has 1 saturated heterocycles. The number of nitrogens with zero attached hydrogens (tertiary/aromatic N) is 2. The van der Waals surface area contributed by atoms with Gasteiger partial charge in [-0.3, -0.25) is 0 Å². The van der Waals surface area contributed by atoms with Crippen molar-refractivity contribution in [1.29, 1.82) is 0 Å². The summed E-state index contributed by atoms with van der Waals surface area (Å²) in [7, 11) is 0. The van der Waals surface area contributed by atoms with Crippen molar-refractivity contribution in [2.45, 2.75) is 25.4 Å². The maximum atomic E-state index is 13.6. The number of aromatic nitrogens is 2. The summed E-state index contributed by atoms with van der Waals surface area (Å²) in [6.45, 7) is 2.08. The van der Waals surface area contributed by atoms with E-state index in [1.165, 1.54) is 10.9 Å². The lowest BCUT2D eigenvalue weighted by molar-refractivity contribution is 0.302. The Morgan fingerprint density at radius 3 is 2.86 bits per heavy atom. The summed E-state index contributed by atoms with van der Waals surface area (Å²) in [5.41, 5.74) is 5.89. The third kappa shape index (κ3) is 1.65. The van der Waals surface area contributed by atoms with Crippen LogP contribution in [-0.4, -0.2) is 22.9 Å². The topological polar surface area (TPSA) is 55.9 Å². The molecule has 0 aliphatic carbocycles. The van der Waals surface area contributed by atoms with Crippen LogP contribution in [0.4, 0.5) is 4.39 Å². The lowest BCUT2D eigenvalue weighted by atomic mass is 10.1. The van der Waals surface area contributed by atoms with Crippen LogP contribution in [0.5, 0.6) is 0 Å². The van der Waals surface area contributed by atoms with Gasteiger partial charge in [-0.1, -0.05) is 0 Å². The van der Waals surface area contributed by atoms with Crippen molar-refractivity contribution in [2.24, 2.45) is 5.73 Å².